The lowest BCUT2D eigenvalue weighted by molar-refractivity contribution is -0.116. The van der Waals surface area contributed by atoms with E-state index in [0.29, 0.717) is 11.5 Å². The molecule has 0 spiro atoms. The third kappa shape index (κ3) is 5.18. The molecule has 0 aliphatic rings. The predicted octanol–water partition coefficient (Wildman–Crippen LogP) is 4.23. The molecular weight excluding hydrogens is 294 g/mol. The van der Waals surface area contributed by atoms with Crippen LogP contribution in [0, 0.1) is 0 Å². The summed E-state index contributed by atoms with van der Waals surface area (Å²) in [6.07, 6.45) is 1.35. The van der Waals surface area contributed by atoms with Crippen LogP contribution in [0.25, 0.3) is 0 Å². The van der Waals surface area contributed by atoms with Crippen LogP contribution in [0.3, 0.4) is 0 Å². The van der Waals surface area contributed by atoms with Gasteiger partial charge in [0, 0.05) is 23.5 Å². The zero-order chi connectivity index (χ0) is 15.8. The molecule has 0 unspecified atom stereocenters. The molecule has 0 heterocycles. The zero-order valence-corrected chi connectivity index (χ0v) is 13.2. The molecule has 2 aromatic rings. The summed E-state index contributed by atoms with van der Waals surface area (Å²) in [4.78, 5) is 11.6. The van der Waals surface area contributed by atoms with Crippen molar-refractivity contribution in [2.45, 2.75) is 19.8 Å². The van der Waals surface area contributed by atoms with E-state index in [1.54, 1.807) is 0 Å². The normalized spacial score (nSPS) is 9.86. The van der Waals surface area contributed by atoms with E-state index in [0.717, 1.165) is 23.5 Å². The number of anilines is 3. The average Bonchev–Trinajstić information content (AvgIpc) is 2.48. The minimum atomic E-state index is 0.0182. The van der Waals surface area contributed by atoms with Crippen molar-refractivity contribution in [2.24, 2.45) is 0 Å². The number of para-hydroxylation sites is 1. The van der Waals surface area contributed by atoms with E-state index in [4.69, 9.17) is 12.2 Å². The molecule has 3 N–H and O–H groups in total. The fraction of sp³-hybridized carbons (Fsp3) is 0.176. The Balaban J connectivity index is 1.95. The molecule has 0 atom stereocenters. The molecule has 0 aromatic heterocycles. The highest BCUT2D eigenvalue weighted by molar-refractivity contribution is 7.80. The summed E-state index contributed by atoms with van der Waals surface area (Å²) >= 11 is 5.28. The molecule has 0 radical (unpaired) electrons. The fourth-order valence-corrected chi connectivity index (χ4v) is 2.18. The Morgan fingerprint density at radius 3 is 2.18 bits per heavy atom. The van der Waals surface area contributed by atoms with Gasteiger partial charge in [0.25, 0.3) is 0 Å². The molecule has 22 heavy (non-hydrogen) atoms. The molecule has 0 bridgehead atoms. The molecule has 5 heteroatoms. The monoisotopic (exact) mass is 313 g/mol. The SMILES string of the molecule is CCCC(=O)Nc1cccc(NC(=S)Nc2ccccc2)c1. The highest BCUT2D eigenvalue weighted by Gasteiger charge is 2.03. The number of hydrogen-bond acceptors (Lipinski definition) is 2. The maximum atomic E-state index is 11.6. The molecule has 0 fully saturated rings. The van der Waals surface area contributed by atoms with E-state index in [2.05, 4.69) is 16.0 Å². The minimum Gasteiger partial charge on any atom is -0.332 e. The van der Waals surface area contributed by atoms with Gasteiger partial charge in [0.1, 0.15) is 0 Å². The number of nitrogens with one attached hydrogen (secondary N) is 3. The van der Waals surface area contributed by atoms with Gasteiger partial charge in [-0.25, -0.2) is 0 Å². The largest absolute Gasteiger partial charge is 0.332 e. The van der Waals surface area contributed by atoms with Gasteiger partial charge in [0.15, 0.2) is 5.11 Å². The molecule has 1 amide bonds. The summed E-state index contributed by atoms with van der Waals surface area (Å²) in [6, 6.07) is 17.2. The first-order chi connectivity index (χ1) is 10.7. The van der Waals surface area contributed by atoms with E-state index in [1.165, 1.54) is 0 Å². The Kier molecular flexibility index (Phi) is 5.91. The Bertz CT molecular complexity index is 643. The first-order valence-corrected chi connectivity index (χ1v) is 7.61. The number of carbonyl (C=O) groups excluding carboxylic acids is 1. The molecule has 4 nitrogen and oxygen atoms in total. The lowest BCUT2D eigenvalue weighted by atomic mass is 10.2. The van der Waals surface area contributed by atoms with Crippen molar-refractivity contribution in [1.29, 1.82) is 0 Å². The predicted molar refractivity (Wildman–Crippen MR) is 96.3 cm³/mol. The Morgan fingerprint density at radius 2 is 1.50 bits per heavy atom. The van der Waals surface area contributed by atoms with Gasteiger partial charge >= 0.3 is 0 Å². The molecule has 2 rings (SSSR count). The van der Waals surface area contributed by atoms with E-state index in [9.17, 15) is 4.79 Å². The Morgan fingerprint density at radius 1 is 0.909 bits per heavy atom. The number of rotatable bonds is 5. The topological polar surface area (TPSA) is 53.2 Å². The second-order valence-corrected chi connectivity index (χ2v) is 5.23. The number of thiocarbonyl (C=S) groups is 1. The van der Waals surface area contributed by atoms with Crippen LogP contribution in [0.4, 0.5) is 17.1 Å². The Hall–Kier alpha value is -2.40. The van der Waals surface area contributed by atoms with Gasteiger partial charge in [0.2, 0.25) is 5.91 Å². The van der Waals surface area contributed by atoms with Gasteiger partial charge in [-0.1, -0.05) is 31.2 Å². The zero-order valence-electron chi connectivity index (χ0n) is 12.4. The standard InChI is InChI=1S/C17H19N3OS/c1-2-7-16(21)18-14-10-6-11-15(12-14)20-17(22)19-13-8-4-3-5-9-13/h3-6,8-12H,2,7H2,1H3,(H,18,21)(H2,19,20,22). The molecule has 2 aromatic carbocycles. The Labute approximate surface area is 135 Å². The molecule has 0 aliphatic heterocycles. The van der Waals surface area contributed by atoms with E-state index >= 15 is 0 Å². The molecule has 0 saturated carbocycles. The summed E-state index contributed by atoms with van der Waals surface area (Å²) in [6.45, 7) is 1.98. The van der Waals surface area contributed by atoms with Gasteiger partial charge in [-0.2, -0.15) is 0 Å². The molecule has 0 aliphatic carbocycles. The van der Waals surface area contributed by atoms with Crippen molar-refractivity contribution >= 4 is 40.3 Å². The lowest BCUT2D eigenvalue weighted by Gasteiger charge is -2.12. The van der Waals surface area contributed by atoms with Crippen molar-refractivity contribution in [3.63, 3.8) is 0 Å². The van der Waals surface area contributed by atoms with Crippen LogP contribution >= 0.6 is 12.2 Å². The van der Waals surface area contributed by atoms with Gasteiger partial charge in [-0.3, -0.25) is 4.79 Å². The van der Waals surface area contributed by atoms with Crippen LogP contribution in [-0.4, -0.2) is 11.0 Å². The van der Waals surface area contributed by atoms with Crippen LogP contribution in [0.5, 0.6) is 0 Å². The van der Waals surface area contributed by atoms with Crippen LogP contribution in [-0.2, 0) is 4.79 Å². The summed E-state index contributed by atoms with van der Waals surface area (Å²) in [5.74, 6) is 0.0182. The van der Waals surface area contributed by atoms with Crippen LogP contribution in [0.15, 0.2) is 54.6 Å². The second kappa shape index (κ2) is 8.14. The number of benzene rings is 2. The van der Waals surface area contributed by atoms with E-state index < -0.39 is 0 Å². The van der Waals surface area contributed by atoms with Crippen molar-refractivity contribution in [2.75, 3.05) is 16.0 Å². The van der Waals surface area contributed by atoms with Crippen molar-refractivity contribution in [1.82, 2.24) is 0 Å². The van der Waals surface area contributed by atoms with Gasteiger partial charge in [-0.15, -0.1) is 0 Å². The molecular formula is C17H19N3OS. The average molecular weight is 313 g/mol. The van der Waals surface area contributed by atoms with E-state index in [1.807, 2.05) is 61.5 Å². The molecule has 0 saturated heterocycles. The van der Waals surface area contributed by atoms with Crippen molar-refractivity contribution in [3.8, 4) is 0 Å². The third-order valence-corrected chi connectivity index (χ3v) is 3.12. The highest BCUT2D eigenvalue weighted by atomic mass is 32.1. The number of carbonyl (C=O) groups is 1. The summed E-state index contributed by atoms with van der Waals surface area (Å²) in [5, 5.41) is 9.58. The highest BCUT2D eigenvalue weighted by Crippen LogP contribution is 2.16. The van der Waals surface area contributed by atoms with E-state index in [-0.39, 0.29) is 5.91 Å². The smallest absolute Gasteiger partial charge is 0.224 e. The first-order valence-electron chi connectivity index (χ1n) is 7.20. The van der Waals surface area contributed by atoms with Crippen molar-refractivity contribution in [3.05, 3.63) is 54.6 Å². The minimum absolute atomic E-state index is 0.0182. The maximum absolute atomic E-state index is 11.6. The van der Waals surface area contributed by atoms with Gasteiger partial charge in [-0.05, 0) is 49.0 Å². The fourth-order valence-electron chi connectivity index (χ4n) is 1.94. The quantitative estimate of drug-likeness (QED) is 0.723. The first kappa shape index (κ1) is 16.0. The van der Waals surface area contributed by atoms with Crippen LogP contribution in [0.2, 0.25) is 0 Å². The van der Waals surface area contributed by atoms with Crippen LogP contribution < -0.4 is 16.0 Å². The maximum Gasteiger partial charge on any atom is 0.224 e. The van der Waals surface area contributed by atoms with Gasteiger partial charge in [0.05, 0.1) is 0 Å². The third-order valence-electron chi connectivity index (χ3n) is 2.91. The van der Waals surface area contributed by atoms with Gasteiger partial charge < -0.3 is 16.0 Å². The second-order valence-electron chi connectivity index (χ2n) is 4.82. The number of amides is 1. The summed E-state index contributed by atoms with van der Waals surface area (Å²) < 4.78 is 0. The van der Waals surface area contributed by atoms with Crippen LogP contribution in [0.1, 0.15) is 19.8 Å². The molecule has 114 valence electrons. The lowest BCUT2D eigenvalue weighted by Crippen LogP contribution is -2.19. The number of hydrogen-bond donors (Lipinski definition) is 3. The van der Waals surface area contributed by atoms with Crippen molar-refractivity contribution < 1.29 is 4.79 Å². The summed E-state index contributed by atoms with van der Waals surface area (Å²) in [5.41, 5.74) is 2.50. The summed E-state index contributed by atoms with van der Waals surface area (Å²) in [7, 11) is 0.